The van der Waals surface area contributed by atoms with Crippen LogP contribution in [0.15, 0.2) is 200 Å². The third kappa shape index (κ3) is 6.52. The predicted octanol–water partition coefficient (Wildman–Crippen LogP) is 13.9. The molecule has 0 spiro atoms. The summed E-state index contributed by atoms with van der Waals surface area (Å²) < 4.78 is 2.41. The average Bonchev–Trinajstić information content (AvgIpc) is 3.72. The van der Waals surface area contributed by atoms with Crippen LogP contribution in [0.3, 0.4) is 0 Å². The van der Waals surface area contributed by atoms with Crippen LogP contribution in [-0.2, 0) is 0 Å². The lowest BCUT2D eigenvalue weighted by atomic mass is 9.99. The number of hydrogen-bond acceptors (Lipinski definition) is 6. The molecule has 0 saturated heterocycles. The first-order chi connectivity index (χ1) is 29.2. The Balaban J connectivity index is 1.03. The van der Waals surface area contributed by atoms with Gasteiger partial charge in [-0.3, -0.25) is 0 Å². The van der Waals surface area contributed by atoms with Crippen LogP contribution in [-0.4, -0.2) is 24.9 Å². The third-order valence-electron chi connectivity index (χ3n) is 10.7. The number of fused-ring (bicyclic) bond motifs is 5. The van der Waals surface area contributed by atoms with Crippen molar-refractivity contribution in [1.29, 1.82) is 0 Å². The van der Waals surface area contributed by atoms with Crippen molar-refractivity contribution in [3.63, 3.8) is 0 Å². The van der Waals surface area contributed by atoms with Crippen LogP contribution in [0, 0.1) is 0 Å². The van der Waals surface area contributed by atoms with Crippen LogP contribution in [0.25, 0.3) is 110 Å². The van der Waals surface area contributed by atoms with Gasteiger partial charge >= 0.3 is 0 Å². The zero-order valence-corrected chi connectivity index (χ0v) is 32.5. The fraction of sp³-hybridized carbons (Fsp3) is 0. The largest absolute Gasteiger partial charge is 0.228 e. The summed E-state index contributed by atoms with van der Waals surface area (Å²) in [5.74, 6) is 2.59. The Hall–Kier alpha value is -7.67. The Morgan fingerprint density at radius 2 is 0.797 bits per heavy atom. The van der Waals surface area contributed by atoms with Crippen LogP contribution in [0.1, 0.15) is 0 Å². The quantitative estimate of drug-likeness (QED) is 0.161. The van der Waals surface area contributed by atoms with Gasteiger partial charge in [0.15, 0.2) is 23.3 Å². The lowest BCUT2D eigenvalue weighted by Gasteiger charge is -2.12. The highest BCUT2D eigenvalue weighted by Crippen LogP contribution is 2.43. The lowest BCUT2D eigenvalue weighted by molar-refractivity contribution is 1.08. The van der Waals surface area contributed by atoms with E-state index in [2.05, 4.69) is 146 Å². The molecule has 0 atom stereocenters. The second-order valence-electron chi connectivity index (χ2n) is 14.5. The van der Waals surface area contributed by atoms with E-state index in [1.807, 2.05) is 54.6 Å². The van der Waals surface area contributed by atoms with Crippen LogP contribution in [0.5, 0.6) is 0 Å². The maximum Gasteiger partial charge on any atom is 0.165 e. The van der Waals surface area contributed by atoms with Gasteiger partial charge in [0.05, 0.1) is 11.4 Å². The van der Waals surface area contributed by atoms with Crippen molar-refractivity contribution in [2.24, 2.45) is 0 Å². The normalized spacial score (nSPS) is 11.4. The molecule has 0 fully saturated rings. The summed E-state index contributed by atoms with van der Waals surface area (Å²) in [6.45, 7) is 0. The van der Waals surface area contributed by atoms with Crippen molar-refractivity contribution >= 4 is 42.3 Å². The molecule has 0 radical (unpaired) electrons. The number of hydrogen-bond donors (Lipinski definition) is 0. The minimum atomic E-state index is 0.617. The molecule has 11 rings (SSSR count). The molecule has 0 saturated carbocycles. The highest BCUT2D eigenvalue weighted by Gasteiger charge is 2.18. The molecular formula is C53H33N5S. The Bertz CT molecular complexity index is 3270. The van der Waals surface area contributed by atoms with E-state index in [-0.39, 0.29) is 0 Å². The van der Waals surface area contributed by atoms with Gasteiger partial charge in [-0.25, -0.2) is 24.9 Å². The molecule has 8 aromatic carbocycles. The van der Waals surface area contributed by atoms with E-state index in [1.54, 1.807) is 11.3 Å². The van der Waals surface area contributed by atoms with Gasteiger partial charge in [0.1, 0.15) is 0 Å². The molecule has 0 aliphatic heterocycles. The van der Waals surface area contributed by atoms with E-state index < -0.39 is 0 Å². The Kier molecular flexibility index (Phi) is 8.60. The SMILES string of the molecule is c1ccc(-c2cc(-c3cccc(-c4cccc(-c5nc(-c6ccccc6)nc(-c6cccc7c6sc6ccc8ccccc8c67)n5)c4)c3)nc(-c3ccccc3)n2)cc1. The van der Waals surface area contributed by atoms with Gasteiger partial charge in [-0.05, 0) is 52.2 Å². The van der Waals surface area contributed by atoms with Gasteiger partial charge in [0.25, 0.3) is 0 Å². The van der Waals surface area contributed by atoms with Crippen molar-refractivity contribution in [1.82, 2.24) is 24.9 Å². The molecule has 3 aromatic heterocycles. The first-order valence-corrected chi connectivity index (χ1v) is 20.4. The summed E-state index contributed by atoms with van der Waals surface area (Å²) in [5, 5.41) is 4.96. The molecule has 3 heterocycles. The van der Waals surface area contributed by atoms with E-state index in [0.29, 0.717) is 23.3 Å². The fourth-order valence-corrected chi connectivity index (χ4v) is 9.08. The van der Waals surface area contributed by atoms with Crippen LogP contribution in [0.2, 0.25) is 0 Å². The second-order valence-corrected chi connectivity index (χ2v) is 15.5. The zero-order valence-electron chi connectivity index (χ0n) is 31.7. The minimum absolute atomic E-state index is 0.617. The number of benzene rings is 8. The molecule has 6 heteroatoms. The molecule has 11 aromatic rings. The van der Waals surface area contributed by atoms with E-state index >= 15 is 0 Å². The minimum Gasteiger partial charge on any atom is -0.228 e. The maximum atomic E-state index is 5.23. The number of thiophene rings is 1. The zero-order chi connectivity index (χ0) is 39.1. The van der Waals surface area contributed by atoms with Crippen molar-refractivity contribution < 1.29 is 0 Å². The summed E-state index contributed by atoms with van der Waals surface area (Å²) in [6, 6.07) is 69.2. The van der Waals surface area contributed by atoms with Gasteiger partial charge in [0.2, 0.25) is 0 Å². The number of rotatable bonds is 7. The van der Waals surface area contributed by atoms with E-state index in [0.717, 1.165) is 60.6 Å². The second kappa shape index (κ2) is 14.7. The molecule has 0 bridgehead atoms. The van der Waals surface area contributed by atoms with Crippen LogP contribution in [0.4, 0.5) is 0 Å². The average molecular weight is 772 g/mol. The Labute approximate surface area is 345 Å². The highest BCUT2D eigenvalue weighted by atomic mass is 32.1. The Morgan fingerprint density at radius 1 is 0.305 bits per heavy atom. The van der Waals surface area contributed by atoms with Gasteiger partial charge in [-0.15, -0.1) is 11.3 Å². The molecule has 0 unspecified atom stereocenters. The molecule has 0 N–H and O–H groups in total. The third-order valence-corrected chi connectivity index (χ3v) is 11.9. The predicted molar refractivity (Wildman–Crippen MR) is 244 cm³/mol. The van der Waals surface area contributed by atoms with Crippen molar-refractivity contribution in [3.05, 3.63) is 200 Å². The monoisotopic (exact) mass is 771 g/mol. The van der Waals surface area contributed by atoms with Crippen molar-refractivity contribution in [2.45, 2.75) is 0 Å². The molecule has 5 nitrogen and oxygen atoms in total. The van der Waals surface area contributed by atoms with E-state index in [1.165, 1.54) is 26.2 Å². The van der Waals surface area contributed by atoms with Crippen LogP contribution >= 0.6 is 11.3 Å². The highest BCUT2D eigenvalue weighted by molar-refractivity contribution is 7.26. The standard InChI is InChI=1S/C53H33N5S/c1-4-16-35(17-5-1)45-33-46(55-50(54-45)36-18-6-2-7-19-36)40-24-12-22-38(31-40)39-23-13-25-41(32-39)52-56-51(37-20-8-3-9-21-37)57-53(58-52)44-28-14-27-43-48-42-26-11-10-15-34(42)29-30-47(48)59-49(43)44/h1-33H. The molecule has 276 valence electrons. The fourth-order valence-electron chi connectivity index (χ4n) is 7.85. The van der Waals surface area contributed by atoms with Gasteiger partial charge < -0.3 is 0 Å². The van der Waals surface area contributed by atoms with Crippen molar-refractivity contribution in [2.75, 3.05) is 0 Å². The van der Waals surface area contributed by atoms with E-state index in [9.17, 15) is 0 Å². The Morgan fingerprint density at radius 3 is 1.51 bits per heavy atom. The first kappa shape index (κ1) is 34.6. The molecule has 59 heavy (non-hydrogen) atoms. The summed E-state index contributed by atoms with van der Waals surface area (Å²) in [6.07, 6.45) is 0. The summed E-state index contributed by atoms with van der Waals surface area (Å²) in [5.41, 5.74) is 9.69. The van der Waals surface area contributed by atoms with Crippen LogP contribution < -0.4 is 0 Å². The molecule has 0 aliphatic rings. The summed E-state index contributed by atoms with van der Waals surface area (Å²) in [7, 11) is 0. The molecule has 0 amide bonds. The summed E-state index contributed by atoms with van der Waals surface area (Å²) in [4.78, 5) is 25.6. The first-order valence-electron chi connectivity index (χ1n) is 19.6. The lowest BCUT2D eigenvalue weighted by Crippen LogP contribution is -2.00. The molecule has 0 aliphatic carbocycles. The van der Waals surface area contributed by atoms with Gasteiger partial charge in [-0.2, -0.15) is 0 Å². The van der Waals surface area contributed by atoms with Gasteiger partial charge in [0, 0.05) is 53.6 Å². The number of nitrogens with zero attached hydrogens (tertiary/aromatic N) is 5. The van der Waals surface area contributed by atoms with E-state index in [4.69, 9.17) is 24.9 Å². The molecular weight excluding hydrogens is 739 g/mol. The van der Waals surface area contributed by atoms with Gasteiger partial charge in [-0.1, -0.05) is 170 Å². The summed E-state index contributed by atoms with van der Waals surface area (Å²) >= 11 is 1.79. The van der Waals surface area contributed by atoms with Crippen molar-refractivity contribution in [3.8, 4) is 79.2 Å². The maximum absolute atomic E-state index is 5.23. The number of aromatic nitrogens is 5. The topological polar surface area (TPSA) is 64.5 Å². The smallest absolute Gasteiger partial charge is 0.165 e.